The summed E-state index contributed by atoms with van der Waals surface area (Å²) in [4.78, 5) is 0. The lowest BCUT2D eigenvalue weighted by molar-refractivity contribution is -0.186. The Morgan fingerprint density at radius 2 is 2.00 bits per heavy atom. The molecule has 0 amide bonds. The number of nitriles is 1. The van der Waals surface area contributed by atoms with E-state index in [9.17, 15) is 10.4 Å². The van der Waals surface area contributed by atoms with Crippen LogP contribution in [0.2, 0.25) is 0 Å². The Hall–Kier alpha value is -0.890. The zero-order valence-corrected chi connectivity index (χ0v) is 15.5. The van der Waals surface area contributed by atoms with Gasteiger partial charge in [-0.05, 0) is 61.7 Å². The van der Waals surface area contributed by atoms with E-state index in [1.54, 1.807) is 0 Å². The molecule has 0 aromatic rings. The number of allylic oxidation sites excluding steroid dienone is 1. The Morgan fingerprint density at radius 1 is 1.24 bits per heavy atom. The second kappa shape index (κ2) is 6.37. The normalized spacial score (nSPS) is 47.5. The lowest BCUT2D eigenvalue weighted by Crippen LogP contribution is -2.54. The molecule has 4 rings (SSSR count). The van der Waals surface area contributed by atoms with Crippen molar-refractivity contribution in [2.75, 3.05) is 13.2 Å². The van der Waals surface area contributed by atoms with Crippen LogP contribution in [0.4, 0.5) is 0 Å². The van der Waals surface area contributed by atoms with Gasteiger partial charge in [0.2, 0.25) is 0 Å². The lowest BCUT2D eigenvalue weighted by atomic mass is 9.47. The molecule has 0 spiro atoms. The number of ether oxygens (including phenoxy) is 2. The van der Waals surface area contributed by atoms with E-state index in [1.807, 2.05) is 0 Å². The first-order chi connectivity index (χ1) is 12.0. The molecule has 4 aliphatic rings. The standard InChI is InChI=1S/C21H31NO3/c1-20-8-5-15(23)13-14(20)3-4-16-17(20)6-9-21(2,18(16)7-10-22)19-24-11-12-25-19/h3,15-19,23H,4-9,11-13H2,1-2H3/t15-,16+,17-,18?,20-,21-/m0/s1. The number of fused-ring (bicyclic) bond motifs is 3. The predicted molar refractivity (Wildman–Crippen MR) is 94.4 cm³/mol. The van der Waals surface area contributed by atoms with Crippen LogP contribution < -0.4 is 0 Å². The summed E-state index contributed by atoms with van der Waals surface area (Å²) in [6, 6.07) is 2.47. The highest BCUT2D eigenvalue weighted by atomic mass is 16.7. The smallest absolute Gasteiger partial charge is 0.163 e. The fraction of sp³-hybridized carbons (Fsp3) is 0.857. The van der Waals surface area contributed by atoms with Gasteiger partial charge in [0, 0.05) is 11.8 Å². The number of aliphatic hydroxyl groups excluding tert-OH is 1. The molecule has 1 saturated heterocycles. The quantitative estimate of drug-likeness (QED) is 0.773. The molecule has 4 heteroatoms. The Labute approximate surface area is 151 Å². The minimum absolute atomic E-state index is 0.0662. The SMILES string of the molecule is C[C@]1(C2OCCO2)CC[C@H]2[C@@H](CC=C3C[C@@H](O)CC[C@@]32C)C1CC#N. The molecule has 6 atom stereocenters. The Kier molecular flexibility index (Phi) is 4.46. The highest BCUT2D eigenvalue weighted by Crippen LogP contribution is 2.62. The number of hydrogen-bond acceptors (Lipinski definition) is 4. The molecule has 3 aliphatic carbocycles. The summed E-state index contributed by atoms with van der Waals surface area (Å²) in [6.45, 7) is 6.05. The first-order valence-electron chi connectivity index (χ1n) is 9.97. The zero-order chi connectivity index (χ0) is 17.7. The minimum atomic E-state index is -0.167. The van der Waals surface area contributed by atoms with Crippen LogP contribution in [0, 0.1) is 39.9 Å². The monoisotopic (exact) mass is 345 g/mol. The summed E-state index contributed by atoms with van der Waals surface area (Å²) in [5, 5.41) is 19.6. The molecule has 1 aliphatic heterocycles. The van der Waals surface area contributed by atoms with Crippen molar-refractivity contribution in [2.24, 2.45) is 28.6 Å². The summed E-state index contributed by atoms with van der Waals surface area (Å²) in [5.41, 5.74) is 1.61. The highest BCUT2D eigenvalue weighted by molar-refractivity contribution is 5.25. The Bertz CT molecular complexity index is 590. The van der Waals surface area contributed by atoms with Gasteiger partial charge in [0.15, 0.2) is 6.29 Å². The molecule has 1 heterocycles. The van der Waals surface area contributed by atoms with Crippen molar-refractivity contribution in [3.63, 3.8) is 0 Å². The van der Waals surface area contributed by atoms with Gasteiger partial charge in [0.1, 0.15) is 0 Å². The van der Waals surface area contributed by atoms with Gasteiger partial charge in [0.05, 0.1) is 25.4 Å². The van der Waals surface area contributed by atoms with Crippen LogP contribution in [-0.4, -0.2) is 30.7 Å². The van der Waals surface area contributed by atoms with Gasteiger partial charge < -0.3 is 14.6 Å². The second-order valence-corrected chi connectivity index (χ2v) is 9.14. The van der Waals surface area contributed by atoms with Gasteiger partial charge >= 0.3 is 0 Å². The molecular formula is C21H31NO3. The average Bonchev–Trinajstić information content (AvgIpc) is 3.13. The zero-order valence-electron chi connectivity index (χ0n) is 15.5. The van der Waals surface area contributed by atoms with Crippen LogP contribution in [0.1, 0.15) is 58.8 Å². The average molecular weight is 345 g/mol. The fourth-order valence-corrected chi connectivity index (χ4v) is 6.50. The van der Waals surface area contributed by atoms with Crippen molar-refractivity contribution >= 4 is 0 Å². The van der Waals surface area contributed by atoms with E-state index in [1.165, 1.54) is 12.0 Å². The third-order valence-electron chi connectivity index (χ3n) is 7.99. The largest absolute Gasteiger partial charge is 0.393 e. The minimum Gasteiger partial charge on any atom is -0.393 e. The van der Waals surface area contributed by atoms with Crippen LogP contribution in [0.3, 0.4) is 0 Å². The maximum absolute atomic E-state index is 10.1. The van der Waals surface area contributed by atoms with Gasteiger partial charge in [-0.25, -0.2) is 0 Å². The predicted octanol–water partition coefficient (Wildman–Crippen LogP) is 3.80. The molecule has 138 valence electrons. The van der Waals surface area contributed by atoms with Crippen molar-refractivity contribution in [1.29, 1.82) is 5.26 Å². The number of aliphatic hydroxyl groups is 1. The van der Waals surface area contributed by atoms with Crippen molar-refractivity contribution in [1.82, 2.24) is 0 Å². The van der Waals surface area contributed by atoms with Crippen LogP contribution in [0.5, 0.6) is 0 Å². The van der Waals surface area contributed by atoms with Gasteiger partial charge in [-0.3, -0.25) is 0 Å². The van der Waals surface area contributed by atoms with Crippen molar-refractivity contribution in [2.45, 2.75) is 71.2 Å². The Morgan fingerprint density at radius 3 is 2.72 bits per heavy atom. The van der Waals surface area contributed by atoms with E-state index in [0.717, 1.165) is 32.1 Å². The topological polar surface area (TPSA) is 62.5 Å². The number of nitrogens with zero attached hydrogens (tertiary/aromatic N) is 1. The first kappa shape index (κ1) is 17.5. The highest BCUT2D eigenvalue weighted by Gasteiger charge is 2.57. The van der Waals surface area contributed by atoms with Crippen molar-refractivity contribution in [3.05, 3.63) is 11.6 Å². The maximum Gasteiger partial charge on any atom is 0.163 e. The van der Waals surface area contributed by atoms with E-state index in [2.05, 4.69) is 26.0 Å². The van der Waals surface area contributed by atoms with Crippen LogP contribution >= 0.6 is 0 Å². The third-order valence-corrected chi connectivity index (χ3v) is 7.99. The second-order valence-electron chi connectivity index (χ2n) is 9.14. The molecule has 4 nitrogen and oxygen atoms in total. The third kappa shape index (κ3) is 2.67. The van der Waals surface area contributed by atoms with E-state index >= 15 is 0 Å². The summed E-state index contributed by atoms with van der Waals surface area (Å²) in [5.74, 6) is 1.46. The van der Waals surface area contributed by atoms with E-state index < -0.39 is 0 Å². The number of hydrogen-bond donors (Lipinski definition) is 1. The molecule has 0 aromatic heterocycles. The summed E-state index contributed by atoms with van der Waals surface area (Å²) in [6.07, 6.45) is 8.77. The van der Waals surface area contributed by atoms with Gasteiger partial charge in [-0.2, -0.15) is 5.26 Å². The molecular weight excluding hydrogens is 314 g/mol. The molecule has 1 unspecified atom stereocenters. The van der Waals surface area contributed by atoms with Crippen LogP contribution in [0.15, 0.2) is 11.6 Å². The molecule has 3 fully saturated rings. The summed E-state index contributed by atoms with van der Waals surface area (Å²) >= 11 is 0. The van der Waals surface area contributed by atoms with Crippen LogP contribution in [0.25, 0.3) is 0 Å². The van der Waals surface area contributed by atoms with Crippen LogP contribution in [-0.2, 0) is 9.47 Å². The van der Waals surface area contributed by atoms with E-state index in [4.69, 9.17) is 9.47 Å². The lowest BCUT2D eigenvalue weighted by Gasteiger charge is -2.58. The maximum atomic E-state index is 10.1. The molecule has 2 saturated carbocycles. The molecule has 0 radical (unpaired) electrons. The van der Waals surface area contributed by atoms with Gasteiger partial charge in [-0.15, -0.1) is 0 Å². The molecule has 0 bridgehead atoms. The van der Waals surface area contributed by atoms with Gasteiger partial charge in [0.25, 0.3) is 0 Å². The molecule has 25 heavy (non-hydrogen) atoms. The fourth-order valence-electron chi connectivity index (χ4n) is 6.50. The first-order valence-corrected chi connectivity index (χ1v) is 9.97. The van der Waals surface area contributed by atoms with E-state index in [-0.39, 0.29) is 23.2 Å². The van der Waals surface area contributed by atoms with Crippen molar-refractivity contribution in [3.8, 4) is 6.07 Å². The summed E-state index contributed by atoms with van der Waals surface area (Å²) < 4.78 is 11.8. The molecule has 1 N–H and O–H groups in total. The number of rotatable bonds is 2. The van der Waals surface area contributed by atoms with Gasteiger partial charge in [-0.1, -0.05) is 25.5 Å². The molecule has 0 aromatic carbocycles. The van der Waals surface area contributed by atoms with Crippen molar-refractivity contribution < 1.29 is 14.6 Å². The van der Waals surface area contributed by atoms with E-state index in [0.29, 0.717) is 37.4 Å². The Balaban J connectivity index is 1.66. The summed E-state index contributed by atoms with van der Waals surface area (Å²) in [7, 11) is 0.